The standard InChI is InChI=1S/C30H28ClFN6O3/c1-4-22(39)36-12-13-37-17(14-36)15-41-27-23-28(37)35-30(40)38(26-18(16(2)3)9-7-11-21(26)33)29(23)34-25(24(27)31)19-8-5-6-10-20(19)32/h4-11,16-17H,1,12-15,33H2,2-3H3/t17-/m1/s1. The molecule has 1 saturated heterocycles. The summed E-state index contributed by atoms with van der Waals surface area (Å²) in [6.07, 6.45) is 1.28. The number of pyridine rings is 1. The van der Waals surface area contributed by atoms with Crippen molar-refractivity contribution in [1.82, 2.24) is 19.4 Å². The van der Waals surface area contributed by atoms with Gasteiger partial charge in [0.2, 0.25) is 5.91 Å². The largest absolute Gasteiger partial charge is 0.489 e. The van der Waals surface area contributed by atoms with Crippen molar-refractivity contribution in [2.24, 2.45) is 0 Å². The van der Waals surface area contributed by atoms with Gasteiger partial charge in [-0.25, -0.2) is 18.7 Å². The highest BCUT2D eigenvalue weighted by molar-refractivity contribution is 6.36. The van der Waals surface area contributed by atoms with Crippen LogP contribution < -0.4 is 21.1 Å². The lowest BCUT2D eigenvalue weighted by Crippen LogP contribution is -2.56. The van der Waals surface area contributed by atoms with E-state index in [9.17, 15) is 9.59 Å². The maximum Gasteiger partial charge on any atom is 0.355 e. The molecule has 0 radical (unpaired) electrons. The first-order valence-electron chi connectivity index (χ1n) is 13.3. The Hall–Kier alpha value is -4.44. The number of amides is 1. The molecule has 2 aliphatic rings. The van der Waals surface area contributed by atoms with E-state index in [-0.39, 0.29) is 52.2 Å². The van der Waals surface area contributed by atoms with Crippen LogP contribution in [0.3, 0.4) is 0 Å². The van der Waals surface area contributed by atoms with E-state index in [1.807, 2.05) is 30.9 Å². The molecule has 4 heterocycles. The van der Waals surface area contributed by atoms with Crippen LogP contribution in [0.15, 0.2) is 59.9 Å². The smallest absolute Gasteiger partial charge is 0.355 e. The quantitative estimate of drug-likeness (QED) is 0.282. The third-order valence-electron chi connectivity index (χ3n) is 7.64. The van der Waals surface area contributed by atoms with E-state index in [1.165, 1.54) is 16.7 Å². The molecule has 2 aromatic heterocycles. The highest BCUT2D eigenvalue weighted by Crippen LogP contribution is 2.45. The van der Waals surface area contributed by atoms with Gasteiger partial charge in [0.1, 0.15) is 28.7 Å². The first-order valence-corrected chi connectivity index (χ1v) is 13.7. The minimum absolute atomic E-state index is 0.0136. The molecule has 1 amide bonds. The number of anilines is 2. The minimum Gasteiger partial charge on any atom is -0.489 e. The Bertz CT molecular complexity index is 1790. The lowest BCUT2D eigenvalue weighted by Gasteiger charge is -2.40. The van der Waals surface area contributed by atoms with Gasteiger partial charge >= 0.3 is 5.69 Å². The van der Waals surface area contributed by atoms with Gasteiger partial charge in [-0.3, -0.25) is 4.79 Å². The molecule has 2 aromatic carbocycles. The van der Waals surface area contributed by atoms with Crippen LogP contribution in [0, 0.1) is 5.82 Å². The van der Waals surface area contributed by atoms with Gasteiger partial charge < -0.3 is 20.3 Å². The summed E-state index contributed by atoms with van der Waals surface area (Å²) >= 11 is 6.93. The van der Waals surface area contributed by atoms with Gasteiger partial charge in [-0.2, -0.15) is 4.98 Å². The number of carbonyl (C=O) groups is 1. The van der Waals surface area contributed by atoms with Crippen molar-refractivity contribution in [1.29, 1.82) is 0 Å². The Kier molecular flexibility index (Phi) is 6.65. The van der Waals surface area contributed by atoms with E-state index in [1.54, 1.807) is 29.2 Å². The normalized spacial score (nSPS) is 16.4. The first-order chi connectivity index (χ1) is 19.7. The maximum atomic E-state index is 15.1. The minimum atomic E-state index is -0.599. The van der Waals surface area contributed by atoms with Crippen LogP contribution in [0.2, 0.25) is 5.02 Å². The summed E-state index contributed by atoms with van der Waals surface area (Å²) in [5.74, 6) is -0.118. The third-order valence-corrected chi connectivity index (χ3v) is 7.99. The molecule has 0 spiro atoms. The van der Waals surface area contributed by atoms with Crippen molar-refractivity contribution in [2.45, 2.75) is 25.8 Å². The van der Waals surface area contributed by atoms with Crippen LogP contribution in [0.1, 0.15) is 25.3 Å². The zero-order valence-electron chi connectivity index (χ0n) is 22.6. The number of nitrogens with zero attached hydrogens (tertiary/aromatic N) is 5. The lowest BCUT2D eigenvalue weighted by molar-refractivity contribution is -0.126. The highest BCUT2D eigenvalue weighted by Gasteiger charge is 2.37. The first kappa shape index (κ1) is 26.8. The number of hydrogen-bond acceptors (Lipinski definition) is 7. The zero-order valence-corrected chi connectivity index (χ0v) is 23.4. The van der Waals surface area contributed by atoms with Crippen molar-refractivity contribution < 1.29 is 13.9 Å². The predicted octanol–water partition coefficient (Wildman–Crippen LogP) is 4.54. The highest BCUT2D eigenvalue weighted by atomic mass is 35.5. The number of aromatic nitrogens is 3. The van der Waals surface area contributed by atoms with Gasteiger partial charge in [-0.1, -0.05) is 56.3 Å². The molecular weight excluding hydrogens is 547 g/mol. The fourth-order valence-electron chi connectivity index (χ4n) is 5.65. The monoisotopic (exact) mass is 574 g/mol. The van der Waals surface area contributed by atoms with Crippen molar-refractivity contribution in [3.05, 3.63) is 82.0 Å². The van der Waals surface area contributed by atoms with Gasteiger partial charge in [0.05, 0.1) is 23.1 Å². The molecule has 0 unspecified atom stereocenters. The number of ether oxygens (including phenoxy) is 1. The van der Waals surface area contributed by atoms with Gasteiger partial charge in [0.25, 0.3) is 0 Å². The molecule has 210 valence electrons. The van der Waals surface area contributed by atoms with Crippen molar-refractivity contribution in [2.75, 3.05) is 36.9 Å². The second-order valence-corrected chi connectivity index (χ2v) is 10.8. The zero-order chi connectivity index (χ0) is 29.0. The summed E-state index contributed by atoms with van der Waals surface area (Å²) < 4.78 is 22.8. The van der Waals surface area contributed by atoms with Crippen molar-refractivity contribution in [3.8, 4) is 22.7 Å². The number of fused-ring (bicyclic) bond motifs is 2. The average Bonchev–Trinajstić information content (AvgIpc) is 3.12. The van der Waals surface area contributed by atoms with Crippen LogP contribution in [0.25, 0.3) is 28.0 Å². The molecule has 41 heavy (non-hydrogen) atoms. The van der Waals surface area contributed by atoms with E-state index < -0.39 is 11.5 Å². The van der Waals surface area contributed by atoms with Gasteiger partial charge in [-0.15, -0.1) is 0 Å². The number of nitrogens with two attached hydrogens (primary N) is 1. The number of hydrogen-bond donors (Lipinski definition) is 1. The molecule has 1 fully saturated rings. The fraction of sp³-hybridized carbons (Fsp3) is 0.267. The molecule has 1 atom stereocenters. The number of carbonyl (C=O) groups excluding carboxylic acids is 1. The van der Waals surface area contributed by atoms with E-state index in [0.717, 1.165) is 5.56 Å². The van der Waals surface area contributed by atoms with Gasteiger partial charge in [-0.05, 0) is 35.8 Å². The van der Waals surface area contributed by atoms with Crippen LogP contribution in [-0.2, 0) is 4.79 Å². The number of para-hydroxylation sites is 1. The van der Waals surface area contributed by atoms with Crippen LogP contribution in [-0.4, -0.2) is 57.6 Å². The third kappa shape index (κ3) is 4.30. The molecule has 0 saturated carbocycles. The molecular formula is C30H28ClFN6O3. The molecule has 6 rings (SSSR count). The van der Waals surface area contributed by atoms with E-state index >= 15 is 4.39 Å². The summed E-state index contributed by atoms with van der Waals surface area (Å²) in [5, 5.41) is 0.512. The Morgan fingerprint density at radius 3 is 2.71 bits per heavy atom. The van der Waals surface area contributed by atoms with Gasteiger partial charge in [0.15, 0.2) is 11.4 Å². The van der Waals surface area contributed by atoms with Crippen LogP contribution in [0.4, 0.5) is 15.9 Å². The summed E-state index contributed by atoms with van der Waals surface area (Å²) in [4.78, 5) is 39.4. The topological polar surface area (TPSA) is 107 Å². The van der Waals surface area contributed by atoms with Gasteiger partial charge in [0, 0.05) is 25.2 Å². The number of halogens is 2. The second kappa shape index (κ2) is 10.2. The molecule has 11 heteroatoms. The number of rotatable bonds is 4. The average molecular weight is 575 g/mol. The van der Waals surface area contributed by atoms with E-state index in [2.05, 4.69) is 11.6 Å². The lowest BCUT2D eigenvalue weighted by atomic mass is 9.99. The summed E-state index contributed by atoms with van der Waals surface area (Å²) in [6, 6.07) is 11.3. The summed E-state index contributed by atoms with van der Waals surface area (Å²) in [6.45, 7) is 8.88. The number of nitrogen functional groups attached to an aromatic ring is 1. The van der Waals surface area contributed by atoms with Crippen molar-refractivity contribution >= 4 is 40.0 Å². The fourth-order valence-corrected chi connectivity index (χ4v) is 5.94. The second-order valence-electron chi connectivity index (χ2n) is 10.4. The molecule has 0 aliphatic carbocycles. The van der Waals surface area contributed by atoms with Crippen LogP contribution in [0.5, 0.6) is 5.75 Å². The molecule has 2 aliphatic heterocycles. The molecule has 9 nitrogen and oxygen atoms in total. The van der Waals surface area contributed by atoms with E-state index in [4.69, 9.17) is 27.1 Å². The molecule has 4 aromatic rings. The predicted molar refractivity (Wildman–Crippen MR) is 157 cm³/mol. The van der Waals surface area contributed by atoms with Crippen LogP contribution >= 0.6 is 11.6 Å². The van der Waals surface area contributed by atoms with Crippen molar-refractivity contribution in [3.63, 3.8) is 0 Å². The number of piperazine rings is 1. The molecule has 0 bridgehead atoms. The Balaban J connectivity index is 1.70. The Morgan fingerprint density at radius 2 is 1.98 bits per heavy atom. The Labute approximate surface area is 240 Å². The van der Waals surface area contributed by atoms with E-state index in [0.29, 0.717) is 42.2 Å². The summed E-state index contributed by atoms with van der Waals surface area (Å²) in [5.41, 5.74) is 8.00. The SMILES string of the molecule is C=CC(=O)N1CCN2c3nc(=O)n(-c4c(N)cccc4C(C)C)c4nc(-c5ccccc5F)c(Cl)c(c34)OC[C@H]2C1. The number of benzene rings is 2. The molecule has 2 N–H and O–H groups in total. The maximum absolute atomic E-state index is 15.1. The summed E-state index contributed by atoms with van der Waals surface area (Å²) in [7, 11) is 0. The Morgan fingerprint density at radius 1 is 1.20 bits per heavy atom.